The molecule has 0 atom stereocenters. The first-order chi connectivity index (χ1) is 13.1. The molecule has 140 valence electrons. The molecule has 2 aromatic rings. The van der Waals surface area contributed by atoms with E-state index in [1.165, 1.54) is 11.3 Å². The first-order valence-electron chi connectivity index (χ1n) is 9.62. The van der Waals surface area contributed by atoms with E-state index in [9.17, 15) is 9.59 Å². The highest BCUT2D eigenvalue weighted by Gasteiger charge is 2.29. The van der Waals surface area contributed by atoms with Crippen LogP contribution in [0, 0.1) is 12.8 Å². The molecular weight excluding hydrogens is 338 g/mol. The van der Waals surface area contributed by atoms with Crippen molar-refractivity contribution < 1.29 is 9.59 Å². The normalized spacial score (nSPS) is 16.9. The third-order valence-electron chi connectivity index (χ3n) is 5.26. The number of benzene rings is 2. The van der Waals surface area contributed by atoms with E-state index in [2.05, 4.69) is 41.4 Å². The first kappa shape index (κ1) is 17.6. The Morgan fingerprint density at radius 3 is 2.41 bits per heavy atom. The van der Waals surface area contributed by atoms with Crippen LogP contribution in [0.3, 0.4) is 0 Å². The second-order valence-electron chi connectivity index (χ2n) is 7.46. The number of nitrogens with zero attached hydrogens (tertiary/aromatic N) is 2. The molecule has 4 rings (SSSR count). The highest BCUT2D eigenvalue weighted by Crippen LogP contribution is 2.30. The summed E-state index contributed by atoms with van der Waals surface area (Å²) < 4.78 is 0. The minimum Gasteiger partial charge on any atom is -0.368 e. The van der Waals surface area contributed by atoms with Crippen LogP contribution in [0.25, 0.3) is 0 Å². The number of hydrogen-bond donors (Lipinski definition) is 1. The molecule has 1 aliphatic carbocycles. The van der Waals surface area contributed by atoms with Gasteiger partial charge < -0.3 is 15.1 Å². The Morgan fingerprint density at radius 1 is 0.963 bits per heavy atom. The Labute approximate surface area is 160 Å². The van der Waals surface area contributed by atoms with E-state index in [0.29, 0.717) is 24.3 Å². The zero-order valence-electron chi connectivity index (χ0n) is 15.6. The topological polar surface area (TPSA) is 52.6 Å². The standard InChI is InChI=1S/C22H25N3O2/c1-16-4-2-7-20(14-16)24-10-12-25(13-11-24)22(27)18-5-3-6-19(15-18)23-21(26)17-8-9-17/h2-7,14-15,17H,8-13H2,1H3,(H,23,26). The molecule has 0 bridgehead atoms. The fraction of sp³-hybridized carbons (Fsp3) is 0.364. The monoisotopic (exact) mass is 363 g/mol. The van der Waals surface area contributed by atoms with Gasteiger partial charge in [0, 0.05) is 49.0 Å². The van der Waals surface area contributed by atoms with Crippen molar-refractivity contribution in [3.8, 4) is 0 Å². The lowest BCUT2D eigenvalue weighted by molar-refractivity contribution is -0.117. The predicted molar refractivity (Wildman–Crippen MR) is 107 cm³/mol. The van der Waals surface area contributed by atoms with Gasteiger partial charge in [0.1, 0.15) is 0 Å². The van der Waals surface area contributed by atoms with Gasteiger partial charge in [-0.1, -0.05) is 18.2 Å². The maximum absolute atomic E-state index is 12.9. The van der Waals surface area contributed by atoms with Crippen LogP contribution in [0.4, 0.5) is 11.4 Å². The van der Waals surface area contributed by atoms with Gasteiger partial charge >= 0.3 is 0 Å². The van der Waals surface area contributed by atoms with Crippen LogP contribution in [0.15, 0.2) is 48.5 Å². The molecule has 2 aromatic carbocycles. The molecule has 27 heavy (non-hydrogen) atoms. The molecular formula is C22H25N3O2. The molecule has 0 aromatic heterocycles. The maximum Gasteiger partial charge on any atom is 0.254 e. The average molecular weight is 363 g/mol. The van der Waals surface area contributed by atoms with E-state index in [0.717, 1.165) is 25.9 Å². The fourth-order valence-corrected chi connectivity index (χ4v) is 3.49. The van der Waals surface area contributed by atoms with E-state index < -0.39 is 0 Å². The van der Waals surface area contributed by atoms with Crippen LogP contribution < -0.4 is 10.2 Å². The number of nitrogens with one attached hydrogen (secondary N) is 1. The number of aryl methyl sites for hydroxylation is 1. The molecule has 2 fully saturated rings. The van der Waals surface area contributed by atoms with Gasteiger partial charge in [0.2, 0.25) is 5.91 Å². The van der Waals surface area contributed by atoms with Gasteiger partial charge in [0.05, 0.1) is 0 Å². The Balaban J connectivity index is 1.38. The van der Waals surface area contributed by atoms with E-state index in [1.807, 2.05) is 23.1 Å². The van der Waals surface area contributed by atoms with Gasteiger partial charge in [-0.15, -0.1) is 0 Å². The largest absolute Gasteiger partial charge is 0.368 e. The summed E-state index contributed by atoms with van der Waals surface area (Å²) in [5.74, 6) is 0.242. The van der Waals surface area contributed by atoms with Crippen LogP contribution in [0.5, 0.6) is 0 Å². The quantitative estimate of drug-likeness (QED) is 0.907. The van der Waals surface area contributed by atoms with E-state index >= 15 is 0 Å². The number of hydrogen-bond acceptors (Lipinski definition) is 3. The van der Waals surface area contributed by atoms with Crippen molar-refractivity contribution in [2.75, 3.05) is 36.4 Å². The van der Waals surface area contributed by atoms with E-state index in [-0.39, 0.29) is 17.7 Å². The van der Waals surface area contributed by atoms with Crippen LogP contribution in [-0.2, 0) is 4.79 Å². The second-order valence-corrected chi connectivity index (χ2v) is 7.46. The van der Waals surface area contributed by atoms with E-state index in [1.54, 1.807) is 6.07 Å². The minimum atomic E-state index is 0.0291. The Morgan fingerprint density at radius 2 is 1.70 bits per heavy atom. The van der Waals surface area contributed by atoms with Gasteiger partial charge in [-0.3, -0.25) is 9.59 Å². The second kappa shape index (κ2) is 7.43. The number of amides is 2. The predicted octanol–water partition coefficient (Wildman–Crippen LogP) is 3.31. The molecule has 1 aliphatic heterocycles. The molecule has 1 saturated carbocycles. The van der Waals surface area contributed by atoms with Crippen molar-refractivity contribution in [3.63, 3.8) is 0 Å². The molecule has 0 spiro atoms. The molecule has 5 nitrogen and oxygen atoms in total. The number of anilines is 2. The van der Waals surface area contributed by atoms with Crippen molar-refractivity contribution in [1.29, 1.82) is 0 Å². The summed E-state index contributed by atoms with van der Waals surface area (Å²) in [4.78, 5) is 29.0. The molecule has 0 unspecified atom stereocenters. The fourth-order valence-electron chi connectivity index (χ4n) is 3.49. The SMILES string of the molecule is Cc1cccc(N2CCN(C(=O)c3cccc(NC(=O)C4CC4)c3)CC2)c1. The van der Waals surface area contributed by atoms with Gasteiger partial charge in [-0.2, -0.15) is 0 Å². The lowest BCUT2D eigenvalue weighted by Crippen LogP contribution is -2.48. The summed E-state index contributed by atoms with van der Waals surface area (Å²) in [6, 6.07) is 15.8. The van der Waals surface area contributed by atoms with Crippen LogP contribution in [0.1, 0.15) is 28.8 Å². The van der Waals surface area contributed by atoms with Crippen molar-refractivity contribution in [1.82, 2.24) is 4.90 Å². The van der Waals surface area contributed by atoms with Gasteiger partial charge in [0.15, 0.2) is 0 Å². The molecule has 1 saturated heterocycles. The lowest BCUT2D eigenvalue weighted by atomic mass is 10.1. The average Bonchev–Trinajstić information content (AvgIpc) is 3.53. The number of piperazine rings is 1. The lowest BCUT2D eigenvalue weighted by Gasteiger charge is -2.36. The van der Waals surface area contributed by atoms with Crippen LogP contribution >= 0.6 is 0 Å². The number of carbonyl (C=O) groups excluding carboxylic acids is 2. The summed E-state index contributed by atoms with van der Waals surface area (Å²) in [5, 5.41) is 2.92. The Hall–Kier alpha value is -2.82. The van der Waals surface area contributed by atoms with Crippen molar-refractivity contribution >= 4 is 23.2 Å². The summed E-state index contributed by atoms with van der Waals surface area (Å²) in [6.07, 6.45) is 1.94. The zero-order chi connectivity index (χ0) is 18.8. The highest BCUT2D eigenvalue weighted by atomic mass is 16.2. The zero-order valence-corrected chi connectivity index (χ0v) is 15.6. The highest BCUT2D eigenvalue weighted by molar-refractivity contribution is 5.98. The smallest absolute Gasteiger partial charge is 0.254 e. The molecule has 5 heteroatoms. The first-order valence-corrected chi connectivity index (χ1v) is 9.62. The molecule has 0 radical (unpaired) electrons. The van der Waals surface area contributed by atoms with E-state index in [4.69, 9.17) is 0 Å². The molecule has 1 heterocycles. The van der Waals surface area contributed by atoms with Crippen molar-refractivity contribution in [2.24, 2.45) is 5.92 Å². The molecule has 2 aliphatic rings. The summed E-state index contributed by atoms with van der Waals surface area (Å²) in [6.45, 7) is 5.15. The van der Waals surface area contributed by atoms with Crippen LogP contribution in [0.2, 0.25) is 0 Å². The van der Waals surface area contributed by atoms with Gasteiger partial charge in [-0.05, 0) is 55.7 Å². The Bertz CT molecular complexity index is 852. The van der Waals surface area contributed by atoms with Gasteiger partial charge in [0.25, 0.3) is 5.91 Å². The summed E-state index contributed by atoms with van der Waals surface area (Å²) in [5.41, 5.74) is 3.80. The van der Waals surface area contributed by atoms with Gasteiger partial charge in [-0.25, -0.2) is 0 Å². The molecule has 2 amide bonds. The molecule has 1 N–H and O–H groups in total. The van der Waals surface area contributed by atoms with Crippen molar-refractivity contribution in [2.45, 2.75) is 19.8 Å². The summed E-state index contributed by atoms with van der Waals surface area (Å²) >= 11 is 0. The minimum absolute atomic E-state index is 0.0291. The maximum atomic E-state index is 12.9. The third kappa shape index (κ3) is 4.13. The number of rotatable bonds is 4. The van der Waals surface area contributed by atoms with Crippen LogP contribution in [-0.4, -0.2) is 42.9 Å². The summed E-state index contributed by atoms with van der Waals surface area (Å²) in [7, 11) is 0. The third-order valence-corrected chi connectivity index (χ3v) is 5.26. The van der Waals surface area contributed by atoms with Crippen molar-refractivity contribution in [3.05, 3.63) is 59.7 Å². The Kier molecular flexibility index (Phi) is 4.84. The number of carbonyl (C=O) groups is 2.